The van der Waals surface area contributed by atoms with Gasteiger partial charge in [-0.25, -0.2) is 0 Å². The van der Waals surface area contributed by atoms with Crippen LogP contribution in [0.25, 0.3) is 0 Å². The average Bonchev–Trinajstić information content (AvgIpc) is 2.89. The maximum atomic E-state index is 13.1. The van der Waals surface area contributed by atoms with E-state index >= 15 is 0 Å². The van der Waals surface area contributed by atoms with E-state index in [2.05, 4.69) is 64.9 Å². The van der Waals surface area contributed by atoms with Crippen molar-refractivity contribution in [1.82, 2.24) is 9.47 Å². The SMILES string of the molecule is CCc1ccc(CN2CCn3cc(OCc4ccccc4)c(=O)cc3C2c2ccccc2)cc1. The zero-order chi connectivity index (χ0) is 23.3. The van der Waals surface area contributed by atoms with Gasteiger partial charge in [0.25, 0.3) is 0 Å². The minimum absolute atomic E-state index is 0.0108. The summed E-state index contributed by atoms with van der Waals surface area (Å²) >= 11 is 0. The number of fused-ring (bicyclic) bond motifs is 1. The summed E-state index contributed by atoms with van der Waals surface area (Å²) in [5.74, 6) is 0.406. The van der Waals surface area contributed by atoms with Gasteiger partial charge in [0.1, 0.15) is 6.61 Å². The van der Waals surface area contributed by atoms with Crippen molar-refractivity contribution in [2.75, 3.05) is 6.54 Å². The Balaban J connectivity index is 1.45. The van der Waals surface area contributed by atoms with Gasteiger partial charge in [-0.2, -0.15) is 0 Å². The predicted molar refractivity (Wildman–Crippen MR) is 136 cm³/mol. The Bertz CT molecular complexity index is 1280. The molecule has 34 heavy (non-hydrogen) atoms. The number of hydrogen-bond acceptors (Lipinski definition) is 3. The van der Waals surface area contributed by atoms with Gasteiger partial charge in [-0.15, -0.1) is 0 Å². The number of pyridine rings is 1. The van der Waals surface area contributed by atoms with E-state index in [1.54, 1.807) is 6.07 Å². The molecule has 0 amide bonds. The summed E-state index contributed by atoms with van der Waals surface area (Å²) in [6.45, 7) is 5.11. The van der Waals surface area contributed by atoms with Crippen molar-refractivity contribution in [3.63, 3.8) is 0 Å². The molecule has 1 aromatic heterocycles. The van der Waals surface area contributed by atoms with Crippen molar-refractivity contribution in [2.45, 2.75) is 39.1 Å². The Kier molecular flexibility index (Phi) is 6.59. The van der Waals surface area contributed by atoms with Crippen molar-refractivity contribution >= 4 is 0 Å². The molecule has 2 heterocycles. The summed E-state index contributed by atoms with van der Waals surface area (Å²) < 4.78 is 8.12. The van der Waals surface area contributed by atoms with E-state index in [4.69, 9.17) is 4.74 Å². The van der Waals surface area contributed by atoms with Crippen LogP contribution in [0.1, 0.15) is 40.9 Å². The van der Waals surface area contributed by atoms with Crippen LogP contribution in [0.3, 0.4) is 0 Å². The molecule has 172 valence electrons. The lowest BCUT2D eigenvalue weighted by molar-refractivity contribution is 0.171. The highest BCUT2D eigenvalue weighted by molar-refractivity contribution is 5.34. The molecule has 3 aromatic carbocycles. The van der Waals surface area contributed by atoms with E-state index in [1.807, 2.05) is 42.6 Å². The molecule has 0 radical (unpaired) electrons. The summed E-state index contributed by atoms with van der Waals surface area (Å²) in [5.41, 5.74) is 5.82. The first-order chi connectivity index (χ1) is 16.7. The van der Waals surface area contributed by atoms with E-state index in [9.17, 15) is 4.79 Å². The first-order valence-corrected chi connectivity index (χ1v) is 12.0. The molecule has 1 aliphatic rings. The standard InChI is InChI=1S/C30H30N2O2/c1-2-23-13-15-24(16-14-23)20-32-18-17-31-21-29(34-22-25-9-5-3-6-10-25)28(33)19-27(31)30(32)26-11-7-4-8-12-26/h3-16,19,21,30H,2,17-18,20,22H2,1H3. The summed E-state index contributed by atoms with van der Waals surface area (Å²) in [6, 6.07) is 31.1. The number of benzene rings is 3. The molecule has 0 spiro atoms. The normalized spacial score (nSPS) is 15.6. The van der Waals surface area contributed by atoms with Crippen LogP contribution in [0, 0.1) is 0 Å². The van der Waals surface area contributed by atoms with Crippen molar-refractivity contribution in [3.8, 4) is 5.75 Å². The van der Waals surface area contributed by atoms with Crippen LogP contribution >= 0.6 is 0 Å². The molecule has 4 nitrogen and oxygen atoms in total. The Hall–Kier alpha value is -3.63. The van der Waals surface area contributed by atoms with Crippen molar-refractivity contribution < 1.29 is 4.74 Å². The Morgan fingerprint density at radius 1 is 0.824 bits per heavy atom. The number of aryl methyl sites for hydroxylation is 1. The zero-order valence-corrected chi connectivity index (χ0v) is 19.6. The Labute approximate surface area is 201 Å². The lowest BCUT2D eigenvalue weighted by Gasteiger charge is -2.38. The summed E-state index contributed by atoms with van der Waals surface area (Å²) in [7, 11) is 0. The number of ether oxygens (including phenoxy) is 1. The monoisotopic (exact) mass is 450 g/mol. The molecule has 0 N–H and O–H groups in total. The van der Waals surface area contributed by atoms with E-state index in [0.29, 0.717) is 12.4 Å². The fourth-order valence-electron chi connectivity index (χ4n) is 4.70. The maximum Gasteiger partial charge on any atom is 0.223 e. The van der Waals surface area contributed by atoms with Crippen molar-refractivity contribution in [1.29, 1.82) is 0 Å². The molecular weight excluding hydrogens is 420 g/mol. The quantitative estimate of drug-likeness (QED) is 0.368. The second-order valence-corrected chi connectivity index (χ2v) is 8.85. The van der Waals surface area contributed by atoms with Crippen LogP contribution in [0.4, 0.5) is 0 Å². The second-order valence-electron chi connectivity index (χ2n) is 8.85. The molecule has 0 bridgehead atoms. The van der Waals surface area contributed by atoms with Gasteiger partial charge >= 0.3 is 0 Å². The molecule has 1 unspecified atom stereocenters. The summed E-state index contributed by atoms with van der Waals surface area (Å²) in [4.78, 5) is 15.5. The Morgan fingerprint density at radius 3 is 2.21 bits per heavy atom. The number of aromatic nitrogens is 1. The molecule has 5 rings (SSSR count). The van der Waals surface area contributed by atoms with Crippen LogP contribution in [0.15, 0.2) is 102 Å². The van der Waals surface area contributed by atoms with Crippen LogP contribution in [-0.2, 0) is 26.1 Å². The van der Waals surface area contributed by atoms with Gasteiger partial charge in [-0.1, -0.05) is 91.9 Å². The minimum Gasteiger partial charge on any atom is -0.483 e. The van der Waals surface area contributed by atoms with Gasteiger partial charge in [0.2, 0.25) is 5.43 Å². The fraction of sp³-hybridized carbons (Fsp3) is 0.233. The molecule has 1 aliphatic heterocycles. The third-order valence-corrected chi connectivity index (χ3v) is 6.57. The maximum absolute atomic E-state index is 13.1. The van der Waals surface area contributed by atoms with E-state index in [0.717, 1.165) is 37.3 Å². The van der Waals surface area contributed by atoms with Gasteiger partial charge < -0.3 is 9.30 Å². The number of nitrogens with zero attached hydrogens (tertiary/aromatic N) is 2. The highest BCUT2D eigenvalue weighted by atomic mass is 16.5. The molecule has 0 saturated heterocycles. The van der Waals surface area contributed by atoms with Crippen LogP contribution in [-0.4, -0.2) is 16.0 Å². The molecular formula is C30H30N2O2. The minimum atomic E-state index is -0.0720. The van der Waals surface area contributed by atoms with Gasteiger partial charge in [0, 0.05) is 31.4 Å². The van der Waals surface area contributed by atoms with E-state index in [1.165, 1.54) is 16.7 Å². The molecule has 1 atom stereocenters. The van der Waals surface area contributed by atoms with Crippen molar-refractivity contribution in [3.05, 3.63) is 135 Å². The summed E-state index contributed by atoms with van der Waals surface area (Å²) in [6.07, 6.45) is 2.94. The smallest absolute Gasteiger partial charge is 0.223 e. The average molecular weight is 451 g/mol. The van der Waals surface area contributed by atoms with E-state index < -0.39 is 0 Å². The van der Waals surface area contributed by atoms with Gasteiger partial charge in [-0.05, 0) is 28.7 Å². The number of rotatable bonds is 7. The van der Waals surface area contributed by atoms with E-state index in [-0.39, 0.29) is 11.5 Å². The predicted octanol–water partition coefficient (Wildman–Crippen LogP) is 5.59. The molecule has 4 heteroatoms. The van der Waals surface area contributed by atoms with Crippen LogP contribution in [0.5, 0.6) is 5.75 Å². The Morgan fingerprint density at radius 2 is 1.50 bits per heavy atom. The fourth-order valence-corrected chi connectivity index (χ4v) is 4.70. The summed E-state index contributed by atoms with van der Waals surface area (Å²) in [5, 5.41) is 0. The van der Waals surface area contributed by atoms with Crippen molar-refractivity contribution in [2.24, 2.45) is 0 Å². The second kappa shape index (κ2) is 10.1. The molecule has 0 aliphatic carbocycles. The lowest BCUT2D eigenvalue weighted by atomic mass is 9.97. The van der Waals surface area contributed by atoms with Crippen LogP contribution < -0.4 is 10.2 Å². The molecule has 4 aromatic rings. The molecule has 0 saturated carbocycles. The number of hydrogen-bond donors (Lipinski definition) is 0. The molecule has 0 fully saturated rings. The topological polar surface area (TPSA) is 34.5 Å². The van der Waals surface area contributed by atoms with Gasteiger partial charge in [0.15, 0.2) is 5.75 Å². The highest BCUT2D eigenvalue weighted by Gasteiger charge is 2.29. The largest absolute Gasteiger partial charge is 0.483 e. The third-order valence-electron chi connectivity index (χ3n) is 6.57. The highest BCUT2D eigenvalue weighted by Crippen LogP contribution is 2.33. The first kappa shape index (κ1) is 22.2. The lowest BCUT2D eigenvalue weighted by Crippen LogP contribution is -2.39. The van der Waals surface area contributed by atoms with Gasteiger partial charge in [0.05, 0.1) is 12.2 Å². The van der Waals surface area contributed by atoms with Crippen LogP contribution in [0.2, 0.25) is 0 Å². The zero-order valence-electron chi connectivity index (χ0n) is 19.6. The third kappa shape index (κ3) is 4.82. The first-order valence-electron chi connectivity index (χ1n) is 12.0. The van der Waals surface area contributed by atoms with Gasteiger partial charge in [-0.3, -0.25) is 9.69 Å².